The fourth-order valence-corrected chi connectivity index (χ4v) is 3.99. The van der Waals surface area contributed by atoms with Crippen molar-refractivity contribution in [2.45, 2.75) is 12.3 Å². The molecule has 1 amide bonds. The number of hydrogen-bond acceptors (Lipinski definition) is 8. The second-order valence-electron chi connectivity index (χ2n) is 7.88. The molecule has 2 N–H and O–H groups in total. The number of ether oxygens (including phenoxy) is 1. The Kier molecular flexibility index (Phi) is 6.37. The van der Waals surface area contributed by atoms with Crippen molar-refractivity contribution in [2.75, 3.05) is 31.1 Å². The lowest BCUT2D eigenvalue weighted by Gasteiger charge is -2.20. The van der Waals surface area contributed by atoms with Crippen LogP contribution in [0.2, 0.25) is 0 Å². The zero-order chi connectivity index (χ0) is 24.5. The number of nitrogens with one attached hydrogen (secondary N) is 1. The molecule has 3 aromatic heterocycles. The molecule has 2 aliphatic heterocycles. The van der Waals surface area contributed by atoms with Gasteiger partial charge in [-0.2, -0.15) is 22.8 Å². The number of hydrogen-bond donors (Lipinski definition) is 2. The van der Waals surface area contributed by atoms with Gasteiger partial charge in [-0.25, -0.2) is 4.79 Å². The number of fused-ring (bicyclic) bond motifs is 2. The second-order valence-corrected chi connectivity index (χ2v) is 7.88. The summed E-state index contributed by atoms with van der Waals surface area (Å²) in [7, 11) is 1.76. The molecule has 0 spiro atoms. The van der Waals surface area contributed by atoms with Gasteiger partial charge in [0, 0.05) is 44.7 Å². The lowest BCUT2D eigenvalue weighted by molar-refractivity contribution is -0.192. The predicted octanol–water partition coefficient (Wildman–Crippen LogP) is 0.372. The van der Waals surface area contributed by atoms with Crippen LogP contribution in [-0.2, 0) is 16.6 Å². The maximum Gasteiger partial charge on any atom is 0.490 e. The van der Waals surface area contributed by atoms with Crippen LogP contribution in [0.3, 0.4) is 0 Å². The Hall–Kier alpha value is -3.75. The Morgan fingerprint density at radius 3 is 2.71 bits per heavy atom. The van der Waals surface area contributed by atoms with E-state index in [1.165, 1.54) is 0 Å². The van der Waals surface area contributed by atoms with E-state index < -0.39 is 12.1 Å². The largest absolute Gasteiger partial charge is 0.490 e. The van der Waals surface area contributed by atoms with Gasteiger partial charge in [-0.1, -0.05) is 0 Å². The molecule has 2 aliphatic rings. The van der Waals surface area contributed by atoms with Gasteiger partial charge in [0.1, 0.15) is 17.8 Å². The molecule has 15 heteroatoms. The first kappa shape index (κ1) is 23.4. The van der Waals surface area contributed by atoms with E-state index in [9.17, 15) is 18.0 Å². The number of carboxylic acid groups (broad SMARTS) is 1. The number of nitrogens with zero attached hydrogens (tertiary/aromatic N) is 7. The molecule has 0 aromatic carbocycles. The minimum absolute atomic E-state index is 0.104. The van der Waals surface area contributed by atoms with Crippen molar-refractivity contribution in [2.24, 2.45) is 18.9 Å². The van der Waals surface area contributed by atoms with E-state index in [0.717, 1.165) is 24.6 Å². The van der Waals surface area contributed by atoms with Crippen molar-refractivity contribution < 1.29 is 32.6 Å². The van der Waals surface area contributed by atoms with Gasteiger partial charge in [-0.05, 0) is 18.2 Å². The molecule has 5 rings (SSSR count). The maximum atomic E-state index is 12.3. The second kappa shape index (κ2) is 9.24. The highest BCUT2D eigenvalue weighted by molar-refractivity contribution is 5.92. The number of carbonyl (C=O) groups is 2. The van der Waals surface area contributed by atoms with Crippen LogP contribution in [0.1, 0.15) is 10.5 Å². The molecule has 0 bridgehead atoms. The highest BCUT2D eigenvalue weighted by Crippen LogP contribution is 2.35. The van der Waals surface area contributed by atoms with Gasteiger partial charge < -0.3 is 20.1 Å². The molecule has 34 heavy (non-hydrogen) atoms. The van der Waals surface area contributed by atoms with Crippen LogP contribution in [0.4, 0.5) is 19.0 Å². The average Bonchev–Trinajstić information content (AvgIpc) is 3.55. The highest BCUT2D eigenvalue weighted by atomic mass is 19.4. The molecule has 0 unspecified atom stereocenters. The first-order valence-corrected chi connectivity index (χ1v) is 10.2. The molecule has 0 aliphatic carbocycles. The van der Waals surface area contributed by atoms with Gasteiger partial charge >= 0.3 is 12.1 Å². The quantitative estimate of drug-likeness (QED) is 0.540. The molecule has 12 nitrogen and oxygen atoms in total. The van der Waals surface area contributed by atoms with Gasteiger partial charge in [0.05, 0.1) is 12.7 Å². The van der Waals surface area contributed by atoms with Gasteiger partial charge in [0.25, 0.3) is 5.91 Å². The van der Waals surface area contributed by atoms with Gasteiger partial charge in [0.15, 0.2) is 5.65 Å². The monoisotopic (exact) mass is 482 g/mol. The lowest BCUT2D eigenvalue weighted by Crippen LogP contribution is -2.35. The van der Waals surface area contributed by atoms with Crippen LogP contribution in [-0.4, -0.2) is 85.1 Å². The normalized spacial score (nSPS) is 21.8. The third-order valence-electron chi connectivity index (χ3n) is 5.73. The summed E-state index contributed by atoms with van der Waals surface area (Å²) in [4.78, 5) is 23.4. The predicted molar refractivity (Wildman–Crippen MR) is 109 cm³/mol. The number of amides is 1. The summed E-state index contributed by atoms with van der Waals surface area (Å²) in [5.41, 5.74) is 1.29. The number of aliphatic carboxylic acids is 1. The number of anilines is 1. The Morgan fingerprint density at radius 2 is 2.03 bits per heavy atom. The van der Waals surface area contributed by atoms with E-state index in [2.05, 4.69) is 30.6 Å². The Labute approximate surface area is 190 Å². The number of carboxylic acids is 1. The Balaban J connectivity index is 0.000000344. The summed E-state index contributed by atoms with van der Waals surface area (Å²) in [5.74, 6) is -1.32. The van der Waals surface area contributed by atoms with Crippen molar-refractivity contribution in [1.82, 2.24) is 34.9 Å². The number of aromatic nitrogens is 6. The lowest BCUT2D eigenvalue weighted by atomic mass is 9.93. The molecule has 3 atom stereocenters. The third-order valence-corrected chi connectivity index (χ3v) is 5.73. The topological polar surface area (TPSA) is 140 Å². The van der Waals surface area contributed by atoms with Crippen LogP contribution in [0.5, 0.6) is 0 Å². The minimum atomic E-state index is -5.08. The number of rotatable bonds is 4. The summed E-state index contributed by atoms with van der Waals surface area (Å²) < 4.78 is 41.0. The zero-order valence-corrected chi connectivity index (χ0v) is 17.9. The van der Waals surface area contributed by atoms with E-state index in [0.29, 0.717) is 24.8 Å². The first-order valence-electron chi connectivity index (χ1n) is 10.2. The highest BCUT2D eigenvalue weighted by Gasteiger charge is 2.44. The summed E-state index contributed by atoms with van der Waals surface area (Å²) in [5, 5.41) is 26.6. The van der Waals surface area contributed by atoms with Crippen molar-refractivity contribution in [1.29, 1.82) is 0 Å². The molecule has 2 saturated heterocycles. The Morgan fingerprint density at radius 1 is 1.26 bits per heavy atom. The number of carbonyl (C=O) groups excluding carboxylic acids is 1. The maximum absolute atomic E-state index is 12.3. The molecule has 3 aromatic rings. The summed E-state index contributed by atoms with van der Waals surface area (Å²) >= 11 is 0. The van der Waals surface area contributed by atoms with E-state index in [-0.39, 0.29) is 17.9 Å². The molecule has 182 valence electrons. The summed E-state index contributed by atoms with van der Waals surface area (Å²) in [6.07, 6.45) is -1.69. The summed E-state index contributed by atoms with van der Waals surface area (Å²) in [6, 6.07) is 5.59. The van der Waals surface area contributed by atoms with Gasteiger partial charge in [-0.3, -0.25) is 9.48 Å². The number of aryl methyl sites for hydroxylation is 1. The number of halogens is 3. The van der Waals surface area contributed by atoms with Gasteiger partial charge in [-0.15, -0.1) is 15.3 Å². The van der Waals surface area contributed by atoms with Crippen LogP contribution < -0.4 is 10.2 Å². The third kappa shape index (κ3) is 4.93. The fraction of sp³-hybridized carbons (Fsp3) is 0.474. The standard InChI is InChI=1S/C17H20N8O2.C2HF3O2/c1-23-13(4-5-20-23)17(26)18-6-11-9-27-14-8-24(7-12(11)14)16-3-2-15-21-19-10-25(15)22-16;3-2(4,5)1(6)7/h2-5,10-12,14H,6-9H2,1H3,(H,18,26);(H,6,7)/t11-,12+,14+;/m0./s1. The zero-order valence-electron chi connectivity index (χ0n) is 17.9. The average molecular weight is 482 g/mol. The SMILES string of the molecule is Cn1nccc1C(=O)NC[C@H]1CO[C@@H]2CN(c3ccc4nncn4n3)C[C@H]12.O=C(O)C(F)(F)F. The van der Waals surface area contributed by atoms with Crippen molar-refractivity contribution in [3.8, 4) is 0 Å². The minimum Gasteiger partial charge on any atom is -0.475 e. The van der Waals surface area contributed by atoms with Crippen molar-refractivity contribution in [3.05, 3.63) is 36.4 Å². The van der Waals surface area contributed by atoms with E-state index in [1.54, 1.807) is 34.8 Å². The van der Waals surface area contributed by atoms with E-state index >= 15 is 0 Å². The molecule has 0 radical (unpaired) electrons. The van der Waals surface area contributed by atoms with Crippen molar-refractivity contribution in [3.63, 3.8) is 0 Å². The molecular formula is C19H21F3N8O4. The van der Waals surface area contributed by atoms with Crippen LogP contribution in [0.25, 0.3) is 5.65 Å². The van der Waals surface area contributed by atoms with E-state index in [4.69, 9.17) is 14.6 Å². The van der Waals surface area contributed by atoms with Crippen LogP contribution >= 0.6 is 0 Å². The molecular weight excluding hydrogens is 461 g/mol. The molecule has 2 fully saturated rings. The smallest absolute Gasteiger partial charge is 0.475 e. The van der Waals surface area contributed by atoms with Crippen LogP contribution in [0.15, 0.2) is 30.7 Å². The van der Waals surface area contributed by atoms with E-state index in [1.807, 2.05) is 12.1 Å². The fourth-order valence-electron chi connectivity index (χ4n) is 3.99. The Bertz CT molecular complexity index is 1180. The summed E-state index contributed by atoms with van der Waals surface area (Å²) in [6.45, 7) is 2.93. The van der Waals surface area contributed by atoms with Crippen LogP contribution in [0, 0.1) is 11.8 Å². The first-order chi connectivity index (χ1) is 16.1. The van der Waals surface area contributed by atoms with Crippen molar-refractivity contribution >= 4 is 23.3 Å². The number of alkyl halides is 3. The molecule has 0 saturated carbocycles. The molecule has 5 heterocycles. The van der Waals surface area contributed by atoms with Gasteiger partial charge in [0.2, 0.25) is 0 Å².